The molecule has 0 atom stereocenters. The van der Waals surface area contributed by atoms with Gasteiger partial charge in [0.2, 0.25) is 0 Å². The summed E-state index contributed by atoms with van der Waals surface area (Å²) in [6, 6.07) is 10.9. The summed E-state index contributed by atoms with van der Waals surface area (Å²) in [5.74, 6) is 0.368. The van der Waals surface area contributed by atoms with E-state index >= 15 is 0 Å². The van der Waals surface area contributed by atoms with Crippen LogP contribution in [-0.4, -0.2) is 35.1 Å². The van der Waals surface area contributed by atoms with E-state index in [-0.39, 0.29) is 12.0 Å². The first-order valence-corrected chi connectivity index (χ1v) is 10.3. The Morgan fingerprint density at radius 2 is 2.04 bits per heavy atom. The lowest BCUT2D eigenvalue weighted by molar-refractivity contribution is 0.102. The Morgan fingerprint density at radius 1 is 1.21 bits per heavy atom. The molecule has 1 aromatic carbocycles. The molecule has 6 nitrogen and oxygen atoms in total. The van der Waals surface area contributed by atoms with E-state index < -0.39 is 0 Å². The summed E-state index contributed by atoms with van der Waals surface area (Å²) in [5.41, 5.74) is 1.87. The van der Waals surface area contributed by atoms with Crippen LogP contribution in [0.2, 0.25) is 5.02 Å². The molecular weight excluding hydrogens is 396 g/mol. The van der Waals surface area contributed by atoms with Crippen molar-refractivity contribution >= 4 is 34.0 Å². The third kappa shape index (κ3) is 4.49. The highest BCUT2D eigenvalue weighted by Gasteiger charge is 2.16. The molecule has 2 N–H and O–H groups in total. The fourth-order valence-electron chi connectivity index (χ4n) is 2.98. The molecule has 1 aliphatic rings. The molecule has 1 amide bonds. The Balaban J connectivity index is 1.39. The predicted octanol–water partition coefficient (Wildman–Crippen LogP) is 4.24. The van der Waals surface area contributed by atoms with Crippen LogP contribution in [0.15, 0.2) is 48.0 Å². The van der Waals surface area contributed by atoms with Crippen LogP contribution < -0.4 is 15.4 Å². The second-order valence-electron chi connectivity index (χ2n) is 6.42. The molecule has 0 unspecified atom stereocenters. The highest BCUT2D eigenvalue weighted by atomic mass is 35.5. The molecule has 144 valence electrons. The monoisotopic (exact) mass is 414 g/mol. The minimum Gasteiger partial charge on any atom is -0.489 e. The molecule has 2 aromatic heterocycles. The molecule has 0 radical (unpaired) electrons. The number of aromatic nitrogens is 2. The average molecular weight is 415 g/mol. The van der Waals surface area contributed by atoms with Crippen molar-refractivity contribution in [3.63, 3.8) is 0 Å². The molecule has 8 heteroatoms. The van der Waals surface area contributed by atoms with Crippen molar-refractivity contribution in [2.45, 2.75) is 18.9 Å². The molecule has 4 rings (SSSR count). The first-order chi connectivity index (χ1) is 13.7. The van der Waals surface area contributed by atoms with Gasteiger partial charge in [-0.1, -0.05) is 29.8 Å². The number of nitrogens with zero attached hydrogens (tertiary/aromatic N) is 2. The number of nitrogens with one attached hydrogen (secondary N) is 2. The van der Waals surface area contributed by atoms with Crippen LogP contribution in [0, 0.1) is 0 Å². The summed E-state index contributed by atoms with van der Waals surface area (Å²) >= 11 is 7.55. The molecule has 28 heavy (non-hydrogen) atoms. The number of ether oxygens (including phenoxy) is 1. The molecule has 0 aliphatic carbocycles. The van der Waals surface area contributed by atoms with E-state index in [0.29, 0.717) is 21.6 Å². The van der Waals surface area contributed by atoms with Crippen molar-refractivity contribution in [2.75, 3.05) is 18.4 Å². The lowest BCUT2D eigenvalue weighted by atomic mass is 10.1. The SMILES string of the molecule is O=C(Nc1nc(-c2ccccc2Cl)cs1)c1ccc(OC2CCNCC2)cn1. The third-order valence-corrected chi connectivity index (χ3v) is 5.52. The van der Waals surface area contributed by atoms with E-state index in [2.05, 4.69) is 20.6 Å². The number of thiazole rings is 1. The number of carbonyl (C=O) groups is 1. The minimum absolute atomic E-state index is 0.196. The maximum atomic E-state index is 12.4. The van der Waals surface area contributed by atoms with Gasteiger partial charge in [0.15, 0.2) is 5.13 Å². The lowest BCUT2D eigenvalue weighted by Gasteiger charge is -2.23. The fourth-order valence-corrected chi connectivity index (χ4v) is 3.91. The largest absolute Gasteiger partial charge is 0.489 e. The zero-order valence-electron chi connectivity index (χ0n) is 15.0. The minimum atomic E-state index is -0.312. The second-order valence-corrected chi connectivity index (χ2v) is 7.68. The smallest absolute Gasteiger partial charge is 0.276 e. The molecule has 3 aromatic rings. The normalized spacial score (nSPS) is 14.6. The molecule has 0 spiro atoms. The zero-order chi connectivity index (χ0) is 19.3. The molecule has 1 aliphatic heterocycles. The van der Waals surface area contributed by atoms with Gasteiger partial charge in [-0.15, -0.1) is 11.3 Å². The number of rotatable bonds is 5. The topological polar surface area (TPSA) is 76.1 Å². The van der Waals surface area contributed by atoms with Gasteiger partial charge in [0.25, 0.3) is 5.91 Å². The van der Waals surface area contributed by atoms with Gasteiger partial charge in [-0.3, -0.25) is 10.1 Å². The fraction of sp³-hybridized carbons (Fsp3) is 0.250. The van der Waals surface area contributed by atoms with Gasteiger partial charge in [0.1, 0.15) is 17.5 Å². The van der Waals surface area contributed by atoms with Gasteiger partial charge in [-0.05, 0) is 44.1 Å². The summed E-state index contributed by atoms with van der Waals surface area (Å²) in [5, 5.41) is 9.06. The maximum absolute atomic E-state index is 12.4. The van der Waals surface area contributed by atoms with E-state index in [0.717, 1.165) is 37.2 Å². The van der Waals surface area contributed by atoms with Crippen LogP contribution in [0.1, 0.15) is 23.3 Å². The Hall–Kier alpha value is -2.48. The number of halogens is 1. The predicted molar refractivity (Wildman–Crippen MR) is 111 cm³/mol. The van der Waals surface area contributed by atoms with Crippen molar-refractivity contribution < 1.29 is 9.53 Å². The van der Waals surface area contributed by atoms with E-state index in [9.17, 15) is 4.79 Å². The van der Waals surface area contributed by atoms with Gasteiger partial charge in [-0.2, -0.15) is 0 Å². The summed E-state index contributed by atoms with van der Waals surface area (Å²) < 4.78 is 5.91. The maximum Gasteiger partial charge on any atom is 0.276 e. The van der Waals surface area contributed by atoms with Crippen molar-refractivity contribution in [3.8, 4) is 17.0 Å². The van der Waals surface area contributed by atoms with E-state index in [1.54, 1.807) is 18.3 Å². The molecule has 3 heterocycles. The number of piperidine rings is 1. The third-order valence-electron chi connectivity index (χ3n) is 4.43. The average Bonchev–Trinajstić information content (AvgIpc) is 3.18. The second kappa shape index (κ2) is 8.68. The standard InChI is InChI=1S/C20H19ClN4O2S/c21-16-4-2-1-3-15(16)18-12-28-20(24-18)25-19(26)17-6-5-14(11-23-17)27-13-7-9-22-10-8-13/h1-6,11-13,22H,7-10H2,(H,24,25,26). The summed E-state index contributed by atoms with van der Waals surface area (Å²) in [7, 11) is 0. The van der Waals surface area contributed by atoms with Crippen LogP contribution in [0.5, 0.6) is 5.75 Å². The number of carbonyl (C=O) groups excluding carboxylic acids is 1. The molecule has 1 fully saturated rings. The van der Waals surface area contributed by atoms with E-state index in [4.69, 9.17) is 16.3 Å². The van der Waals surface area contributed by atoms with Crippen LogP contribution in [0.4, 0.5) is 5.13 Å². The van der Waals surface area contributed by atoms with Gasteiger partial charge in [0.05, 0.1) is 11.9 Å². The Bertz CT molecular complexity index is 955. The summed E-state index contributed by atoms with van der Waals surface area (Å²) in [4.78, 5) is 21.1. The number of hydrogen-bond acceptors (Lipinski definition) is 6. The molecular formula is C20H19ClN4O2S. The number of pyridine rings is 1. The molecule has 0 saturated carbocycles. The van der Waals surface area contributed by atoms with E-state index in [1.807, 2.05) is 29.6 Å². The van der Waals surface area contributed by atoms with Gasteiger partial charge >= 0.3 is 0 Å². The summed E-state index contributed by atoms with van der Waals surface area (Å²) in [6.45, 7) is 1.92. The highest BCUT2D eigenvalue weighted by molar-refractivity contribution is 7.14. The molecule has 1 saturated heterocycles. The first-order valence-electron chi connectivity index (χ1n) is 9.04. The van der Waals surface area contributed by atoms with Crippen molar-refractivity contribution in [1.82, 2.24) is 15.3 Å². The Labute approximate surface area is 171 Å². The highest BCUT2D eigenvalue weighted by Crippen LogP contribution is 2.30. The van der Waals surface area contributed by atoms with Gasteiger partial charge in [0, 0.05) is 16.0 Å². The first kappa shape index (κ1) is 18.9. The van der Waals surface area contributed by atoms with Crippen LogP contribution in [-0.2, 0) is 0 Å². The number of anilines is 1. The van der Waals surface area contributed by atoms with Crippen molar-refractivity contribution in [2.24, 2.45) is 0 Å². The van der Waals surface area contributed by atoms with Crippen LogP contribution >= 0.6 is 22.9 Å². The quantitative estimate of drug-likeness (QED) is 0.653. The Kier molecular flexibility index (Phi) is 5.85. The van der Waals surface area contributed by atoms with Crippen molar-refractivity contribution in [3.05, 3.63) is 58.7 Å². The molecule has 0 bridgehead atoms. The summed E-state index contributed by atoms with van der Waals surface area (Å²) in [6.07, 6.45) is 3.73. The number of amides is 1. The Morgan fingerprint density at radius 3 is 2.79 bits per heavy atom. The van der Waals surface area contributed by atoms with Crippen LogP contribution in [0.25, 0.3) is 11.3 Å². The lowest BCUT2D eigenvalue weighted by Crippen LogP contribution is -2.34. The van der Waals surface area contributed by atoms with Crippen LogP contribution in [0.3, 0.4) is 0 Å². The number of hydrogen-bond donors (Lipinski definition) is 2. The van der Waals surface area contributed by atoms with E-state index in [1.165, 1.54) is 11.3 Å². The number of benzene rings is 1. The van der Waals surface area contributed by atoms with Gasteiger partial charge in [-0.25, -0.2) is 9.97 Å². The van der Waals surface area contributed by atoms with Crippen molar-refractivity contribution in [1.29, 1.82) is 0 Å². The zero-order valence-corrected chi connectivity index (χ0v) is 16.6. The van der Waals surface area contributed by atoms with Gasteiger partial charge < -0.3 is 10.1 Å².